The maximum absolute atomic E-state index is 12.1. The van der Waals surface area contributed by atoms with Crippen molar-refractivity contribution in [1.82, 2.24) is 10.6 Å². The molecule has 1 fully saturated rings. The molecule has 7 heteroatoms. The van der Waals surface area contributed by atoms with Gasteiger partial charge in [-0.25, -0.2) is 4.79 Å². The number of benzene rings is 1. The third-order valence-electron chi connectivity index (χ3n) is 3.76. The van der Waals surface area contributed by atoms with Gasteiger partial charge in [-0.1, -0.05) is 17.7 Å². The van der Waals surface area contributed by atoms with E-state index in [0.29, 0.717) is 13.0 Å². The Labute approximate surface area is 135 Å². The Morgan fingerprint density at radius 2 is 1.96 bits per heavy atom. The molecular weight excluding hydrogens is 298 g/mol. The first-order valence-corrected chi connectivity index (χ1v) is 7.50. The molecule has 2 rings (SSSR count). The molecule has 0 radical (unpaired) electrons. The molecule has 0 aromatic heterocycles. The molecule has 1 aliphatic heterocycles. The van der Waals surface area contributed by atoms with Gasteiger partial charge in [-0.05, 0) is 19.1 Å². The molecule has 1 atom stereocenters. The monoisotopic (exact) mass is 321 g/mol. The number of amides is 3. The molecule has 1 aromatic rings. The number of ether oxygens (including phenoxy) is 2. The van der Waals surface area contributed by atoms with Crippen LogP contribution in [0.1, 0.15) is 12.0 Å². The molecular formula is C16H23N3O4. The zero-order chi connectivity index (χ0) is 16.8. The van der Waals surface area contributed by atoms with Gasteiger partial charge in [-0.15, -0.1) is 0 Å². The van der Waals surface area contributed by atoms with Gasteiger partial charge < -0.3 is 25.0 Å². The average Bonchev–Trinajstić information content (AvgIpc) is 2.89. The molecule has 0 saturated carbocycles. The first-order valence-electron chi connectivity index (χ1n) is 7.50. The van der Waals surface area contributed by atoms with Crippen LogP contribution < -0.4 is 15.5 Å². The zero-order valence-corrected chi connectivity index (χ0v) is 13.7. The first kappa shape index (κ1) is 17.2. The first-order chi connectivity index (χ1) is 11.0. The predicted octanol–water partition coefficient (Wildman–Crippen LogP) is 1.02. The van der Waals surface area contributed by atoms with Gasteiger partial charge in [0, 0.05) is 32.9 Å². The van der Waals surface area contributed by atoms with E-state index in [1.807, 2.05) is 31.2 Å². The van der Waals surface area contributed by atoms with E-state index in [-0.39, 0.29) is 24.5 Å². The maximum atomic E-state index is 12.1. The number of aryl methyl sites for hydroxylation is 1. The van der Waals surface area contributed by atoms with Crippen LogP contribution in [-0.2, 0) is 14.3 Å². The highest BCUT2D eigenvalue weighted by Crippen LogP contribution is 2.21. The van der Waals surface area contributed by atoms with Crippen LogP contribution in [0, 0.1) is 6.92 Å². The maximum Gasteiger partial charge on any atom is 0.315 e. The number of carbonyl (C=O) groups excluding carboxylic acids is 2. The van der Waals surface area contributed by atoms with Crippen molar-refractivity contribution in [1.29, 1.82) is 0 Å². The van der Waals surface area contributed by atoms with E-state index >= 15 is 0 Å². The molecule has 1 aliphatic rings. The fourth-order valence-corrected chi connectivity index (χ4v) is 2.45. The van der Waals surface area contributed by atoms with Crippen LogP contribution in [0.2, 0.25) is 0 Å². The molecule has 7 nitrogen and oxygen atoms in total. The summed E-state index contributed by atoms with van der Waals surface area (Å²) in [6, 6.07) is 7.20. The van der Waals surface area contributed by atoms with E-state index in [1.165, 1.54) is 14.2 Å². The summed E-state index contributed by atoms with van der Waals surface area (Å²) in [6.07, 6.45) is -0.200. The van der Waals surface area contributed by atoms with E-state index in [1.54, 1.807) is 4.90 Å². The lowest BCUT2D eigenvalue weighted by atomic mass is 10.2. The summed E-state index contributed by atoms with van der Waals surface area (Å²) in [4.78, 5) is 25.7. The molecule has 0 spiro atoms. The summed E-state index contributed by atoms with van der Waals surface area (Å²) in [5.41, 5.74) is 1.99. The van der Waals surface area contributed by atoms with Crippen LogP contribution in [0.25, 0.3) is 0 Å². The summed E-state index contributed by atoms with van der Waals surface area (Å²) in [5.74, 6) is 0.00538. The third-order valence-corrected chi connectivity index (χ3v) is 3.76. The molecule has 1 saturated heterocycles. The quantitative estimate of drug-likeness (QED) is 0.767. The van der Waals surface area contributed by atoms with Crippen LogP contribution in [-0.4, -0.2) is 51.6 Å². The predicted molar refractivity (Wildman–Crippen MR) is 86.3 cm³/mol. The Morgan fingerprint density at radius 1 is 1.30 bits per heavy atom. The smallest absolute Gasteiger partial charge is 0.315 e. The largest absolute Gasteiger partial charge is 0.354 e. The second-order valence-electron chi connectivity index (χ2n) is 5.50. The molecule has 1 unspecified atom stereocenters. The van der Waals surface area contributed by atoms with Crippen LogP contribution in [0.5, 0.6) is 0 Å². The molecule has 2 N–H and O–H groups in total. The van der Waals surface area contributed by atoms with Gasteiger partial charge in [-0.3, -0.25) is 4.79 Å². The summed E-state index contributed by atoms with van der Waals surface area (Å²) < 4.78 is 9.99. The van der Waals surface area contributed by atoms with Crippen LogP contribution in [0.3, 0.4) is 0 Å². The third kappa shape index (κ3) is 4.67. The summed E-state index contributed by atoms with van der Waals surface area (Å²) >= 11 is 0. The minimum absolute atomic E-state index is 0.00538. The van der Waals surface area contributed by atoms with E-state index < -0.39 is 6.29 Å². The summed E-state index contributed by atoms with van der Waals surface area (Å²) in [7, 11) is 3.01. The zero-order valence-electron chi connectivity index (χ0n) is 13.7. The van der Waals surface area contributed by atoms with Gasteiger partial charge in [0.25, 0.3) is 0 Å². The number of hydrogen-bond acceptors (Lipinski definition) is 4. The van der Waals surface area contributed by atoms with Crippen molar-refractivity contribution in [2.24, 2.45) is 0 Å². The van der Waals surface area contributed by atoms with Gasteiger partial charge in [-0.2, -0.15) is 0 Å². The number of carbonyl (C=O) groups is 2. The van der Waals surface area contributed by atoms with Gasteiger partial charge in [0.05, 0.1) is 12.6 Å². The van der Waals surface area contributed by atoms with Crippen molar-refractivity contribution in [2.45, 2.75) is 25.7 Å². The Balaban J connectivity index is 1.85. The highest BCUT2D eigenvalue weighted by Gasteiger charge is 2.31. The Morgan fingerprint density at radius 3 is 2.57 bits per heavy atom. The molecule has 1 aromatic carbocycles. The lowest BCUT2D eigenvalue weighted by Gasteiger charge is -2.18. The van der Waals surface area contributed by atoms with E-state index in [4.69, 9.17) is 9.47 Å². The van der Waals surface area contributed by atoms with E-state index in [2.05, 4.69) is 10.6 Å². The fourth-order valence-electron chi connectivity index (χ4n) is 2.45. The van der Waals surface area contributed by atoms with Gasteiger partial charge >= 0.3 is 6.03 Å². The average molecular weight is 321 g/mol. The molecule has 0 bridgehead atoms. The van der Waals surface area contributed by atoms with Gasteiger partial charge in [0.2, 0.25) is 5.91 Å². The van der Waals surface area contributed by atoms with Crippen LogP contribution in [0.15, 0.2) is 24.3 Å². The van der Waals surface area contributed by atoms with Gasteiger partial charge in [0.15, 0.2) is 6.29 Å². The Bertz CT molecular complexity index is 543. The number of hydrogen-bond donors (Lipinski definition) is 2. The van der Waals surface area contributed by atoms with Crippen LogP contribution >= 0.6 is 0 Å². The van der Waals surface area contributed by atoms with Crippen molar-refractivity contribution >= 4 is 17.6 Å². The highest BCUT2D eigenvalue weighted by atomic mass is 16.7. The number of urea groups is 1. The normalized spacial score (nSPS) is 17.7. The summed E-state index contributed by atoms with van der Waals surface area (Å²) in [6.45, 7) is 2.70. The molecule has 1 heterocycles. The van der Waals surface area contributed by atoms with E-state index in [9.17, 15) is 9.59 Å². The standard InChI is InChI=1S/C16H23N3O4/c1-11-4-6-13(7-5-11)19-10-12(8-14(19)20)18-16(21)17-9-15(22-2)23-3/h4-7,12,15H,8-10H2,1-3H3,(H2,17,18,21). The number of nitrogens with zero attached hydrogens (tertiary/aromatic N) is 1. The highest BCUT2D eigenvalue weighted by molar-refractivity contribution is 5.96. The van der Waals surface area contributed by atoms with Crippen molar-refractivity contribution in [3.05, 3.63) is 29.8 Å². The molecule has 126 valence electrons. The lowest BCUT2D eigenvalue weighted by Crippen LogP contribution is -2.46. The second kappa shape index (κ2) is 7.94. The lowest BCUT2D eigenvalue weighted by molar-refractivity contribution is -0.117. The molecule has 23 heavy (non-hydrogen) atoms. The SMILES string of the molecule is COC(CNC(=O)NC1CC(=O)N(c2ccc(C)cc2)C1)OC. The van der Waals surface area contributed by atoms with Crippen molar-refractivity contribution in [3.8, 4) is 0 Å². The minimum atomic E-state index is -0.491. The second-order valence-corrected chi connectivity index (χ2v) is 5.50. The Kier molecular flexibility index (Phi) is 5.95. The van der Waals surface area contributed by atoms with Gasteiger partial charge in [0.1, 0.15) is 0 Å². The number of methoxy groups -OCH3 is 2. The van der Waals surface area contributed by atoms with Crippen molar-refractivity contribution in [3.63, 3.8) is 0 Å². The van der Waals surface area contributed by atoms with Crippen molar-refractivity contribution in [2.75, 3.05) is 32.2 Å². The molecule has 3 amide bonds. The van der Waals surface area contributed by atoms with E-state index in [0.717, 1.165) is 11.3 Å². The fraction of sp³-hybridized carbons (Fsp3) is 0.500. The van der Waals surface area contributed by atoms with Crippen molar-refractivity contribution < 1.29 is 19.1 Å². The molecule has 0 aliphatic carbocycles. The number of anilines is 1. The topological polar surface area (TPSA) is 79.9 Å². The Hall–Kier alpha value is -2.12. The summed E-state index contributed by atoms with van der Waals surface area (Å²) in [5, 5.41) is 5.46. The number of nitrogens with one attached hydrogen (secondary N) is 2. The van der Waals surface area contributed by atoms with Crippen LogP contribution in [0.4, 0.5) is 10.5 Å². The number of rotatable bonds is 6. The minimum Gasteiger partial charge on any atom is -0.354 e.